The Labute approximate surface area is 170 Å². The van der Waals surface area contributed by atoms with Gasteiger partial charge in [-0.2, -0.15) is 5.10 Å². The van der Waals surface area contributed by atoms with Gasteiger partial charge < -0.3 is 4.90 Å². The van der Waals surface area contributed by atoms with E-state index in [1.165, 1.54) is 5.01 Å². The first kappa shape index (κ1) is 20.1. The van der Waals surface area contributed by atoms with Gasteiger partial charge in [0.15, 0.2) is 0 Å². The summed E-state index contributed by atoms with van der Waals surface area (Å²) in [7, 11) is 0. The monoisotopic (exact) mass is 397 g/mol. The van der Waals surface area contributed by atoms with Crippen LogP contribution in [0.1, 0.15) is 37.3 Å². The molecule has 0 bridgehead atoms. The van der Waals surface area contributed by atoms with Crippen molar-refractivity contribution in [2.45, 2.75) is 32.7 Å². The Kier molecular flexibility index (Phi) is 6.82. The minimum Gasteiger partial charge on any atom is -0.339 e. The van der Waals surface area contributed by atoms with Gasteiger partial charge in [-0.15, -0.1) is 0 Å². The van der Waals surface area contributed by atoms with E-state index in [-0.39, 0.29) is 24.7 Å². The van der Waals surface area contributed by atoms with E-state index in [0.29, 0.717) is 24.7 Å². The van der Waals surface area contributed by atoms with Gasteiger partial charge in [-0.1, -0.05) is 54.1 Å². The van der Waals surface area contributed by atoms with E-state index in [0.717, 1.165) is 23.3 Å². The lowest BCUT2D eigenvalue weighted by Gasteiger charge is -2.21. The van der Waals surface area contributed by atoms with Crippen molar-refractivity contribution in [3.05, 3.63) is 70.7 Å². The Morgan fingerprint density at radius 3 is 2.61 bits per heavy atom. The van der Waals surface area contributed by atoms with Crippen molar-refractivity contribution in [2.75, 3.05) is 13.1 Å². The molecule has 0 saturated carbocycles. The van der Waals surface area contributed by atoms with Gasteiger partial charge in [0.25, 0.3) is 0 Å². The molecular formula is C22H24ClN3O2. The predicted molar refractivity (Wildman–Crippen MR) is 111 cm³/mol. The highest BCUT2D eigenvalue weighted by atomic mass is 35.5. The van der Waals surface area contributed by atoms with Gasteiger partial charge in [0.2, 0.25) is 11.8 Å². The standard InChI is InChI=1S/C22H24ClN3O2/c1-2-25(16-17-7-6-10-19(23)15-17)21(27)11-12-22(28)26-14-13-20(24-26)18-8-4-3-5-9-18/h3-10,15H,2,11-14,16H2,1H3. The van der Waals surface area contributed by atoms with Crippen molar-refractivity contribution in [2.24, 2.45) is 5.10 Å². The van der Waals surface area contributed by atoms with Crippen LogP contribution in [0.15, 0.2) is 59.7 Å². The molecule has 5 nitrogen and oxygen atoms in total. The molecule has 0 spiro atoms. The number of hydrogen-bond donors (Lipinski definition) is 0. The number of benzene rings is 2. The molecule has 28 heavy (non-hydrogen) atoms. The summed E-state index contributed by atoms with van der Waals surface area (Å²) in [6.07, 6.45) is 1.08. The minimum atomic E-state index is -0.113. The Balaban J connectivity index is 1.53. The van der Waals surface area contributed by atoms with Gasteiger partial charge in [-0.3, -0.25) is 9.59 Å². The average Bonchev–Trinajstić information content (AvgIpc) is 3.21. The molecule has 0 saturated heterocycles. The summed E-state index contributed by atoms with van der Waals surface area (Å²) in [6, 6.07) is 17.3. The first-order chi connectivity index (χ1) is 13.6. The lowest BCUT2D eigenvalue weighted by Crippen LogP contribution is -2.32. The number of halogens is 1. The van der Waals surface area contributed by atoms with E-state index in [4.69, 9.17) is 11.6 Å². The van der Waals surface area contributed by atoms with Crippen LogP contribution in [0.3, 0.4) is 0 Å². The van der Waals surface area contributed by atoms with Crippen LogP contribution in [-0.2, 0) is 16.1 Å². The van der Waals surface area contributed by atoms with Crippen molar-refractivity contribution >= 4 is 29.1 Å². The number of carbonyl (C=O) groups excluding carboxylic acids is 2. The molecule has 0 radical (unpaired) electrons. The van der Waals surface area contributed by atoms with Gasteiger partial charge in [0, 0.05) is 37.4 Å². The fourth-order valence-corrected chi connectivity index (χ4v) is 3.42. The Bertz CT molecular complexity index is 867. The maximum Gasteiger partial charge on any atom is 0.243 e. The van der Waals surface area contributed by atoms with Gasteiger partial charge >= 0.3 is 0 Å². The molecule has 2 amide bonds. The number of amides is 2. The lowest BCUT2D eigenvalue weighted by molar-refractivity contribution is -0.137. The molecule has 146 valence electrons. The summed E-state index contributed by atoms with van der Waals surface area (Å²) in [4.78, 5) is 26.8. The molecule has 0 unspecified atom stereocenters. The van der Waals surface area contributed by atoms with E-state index in [1.807, 2.05) is 61.5 Å². The average molecular weight is 398 g/mol. The van der Waals surface area contributed by atoms with Gasteiger partial charge in [-0.25, -0.2) is 5.01 Å². The maximum absolute atomic E-state index is 12.6. The van der Waals surface area contributed by atoms with Crippen molar-refractivity contribution in [1.29, 1.82) is 0 Å². The zero-order valence-corrected chi connectivity index (χ0v) is 16.7. The topological polar surface area (TPSA) is 53.0 Å². The quantitative estimate of drug-likeness (QED) is 0.706. The molecule has 6 heteroatoms. The normalized spacial score (nSPS) is 13.4. The molecule has 3 rings (SSSR count). The number of rotatable bonds is 7. The summed E-state index contributed by atoms with van der Waals surface area (Å²) in [5.74, 6) is -0.152. The second-order valence-electron chi connectivity index (χ2n) is 6.72. The number of carbonyl (C=O) groups is 2. The summed E-state index contributed by atoms with van der Waals surface area (Å²) < 4.78 is 0. The van der Waals surface area contributed by atoms with Crippen LogP contribution in [0.5, 0.6) is 0 Å². The van der Waals surface area contributed by atoms with Crippen LogP contribution in [0.2, 0.25) is 5.02 Å². The number of hydrazone groups is 1. The zero-order valence-electron chi connectivity index (χ0n) is 16.0. The van der Waals surface area contributed by atoms with Crippen LogP contribution >= 0.6 is 11.6 Å². The SMILES string of the molecule is CCN(Cc1cccc(Cl)c1)C(=O)CCC(=O)N1CCC(c2ccccc2)=N1. The lowest BCUT2D eigenvalue weighted by atomic mass is 10.1. The molecule has 0 aliphatic carbocycles. The van der Waals surface area contributed by atoms with Crippen molar-refractivity contribution in [1.82, 2.24) is 9.91 Å². The van der Waals surface area contributed by atoms with Crippen LogP contribution in [-0.4, -0.2) is 40.5 Å². The second kappa shape index (κ2) is 9.51. The third kappa shape index (κ3) is 5.20. The fraction of sp³-hybridized carbons (Fsp3) is 0.318. The summed E-state index contributed by atoms with van der Waals surface area (Å²) in [5, 5.41) is 6.58. The smallest absolute Gasteiger partial charge is 0.243 e. The maximum atomic E-state index is 12.6. The molecule has 2 aromatic rings. The molecule has 0 fully saturated rings. The molecule has 0 N–H and O–H groups in total. The van der Waals surface area contributed by atoms with Gasteiger partial charge in [0.1, 0.15) is 0 Å². The highest BCUT2D eigenvalue weighted by Gasteiger charge is 2.23. The van der Waals surface area contributed by atoms with E-state index in [9.17, 15) is 9.59 Å². The molecule has 1 aliphatic heterocycles. The van der Waals surface area contributed by atoms with Gasteiger partial charge in [-0.05, 0) is 30.2 Å². The van der Waals surface area contributed by atoms with Gasteiger partial charge in [0.05, 0.1) is 12.3 Å². The summed E-state index contributed by atoms with van der Waals surface area (Å²) in [5.41, 5.74) is 2.93. The predicted octanol–water partition coefficient (Wildman–Crippen LogP) is 4.11. The molecular weight excluding hydrogens is 374 g/mol. The fourth-order valence-electron chi connectivity index (χ4n) is 3.20. The van der Waals surface area contributed by atoms with Crippen LogP contribution in [0, 0.1) is 0 Å². The molecule has 0 aromatic heterocycles. The third-order valence-electron chi connectivity index (χ3n) is 4.75. The summed E-state index contributed by atoms with van der Waals surface area (Å²) in [6.45, 7) is 3.57. The van der Waals surface area contributed by atoms with Crippen LogP contribution < -0.4 is 0 Å². The highest BCUT2D eigenvalue weighted by Crippen LogP contribution is 2.16. The van der Waals surface area contributed by atoms with Crippen molar-refractivity contribution in [3.8, 4) is 0 Å². The number of hydrogen-bond acceptors (Lipinski definition) is 3. The van der Waals surface area contributed by atoms with Crippen LogP contribution in [0.25, 0.3) is 0 Å². The Hall–Kier alpha value is -2.66. The zero-order chi connectivity index (χ0) is 19.9. The van der Waals surface area contributed by atoms with E-state index >= 15 is 0 Å². The van der Waals surface area contributed by atoms with Crippen molar-refractivity contribution < 1.29 is 9.59 Å². The largest absolute Gasteiger partial charge is 0.339 e. The first-order valence-electron chi connectivity index (χ1n) is 9.52. The number of nitrogens with zero attached hydrogens (tertiary/aromatic N) is 3. The first-order valence-corrected chi connectivity index (χ1v) is 9.90. The van der Waals surface area contributed by atoms with Crippen LogP contribution in [0.4, 0.5) is 0 Å². The Morgan fingerprint density at radius 1 is 1.11 bits per heavy atom. The Morgan fingerprint density at radius 2 is 1.89 bits per heavy atom. The molecule has 1 aliphatic rings. The highest BCUT2D eigenvalue weighted by molar-refractivity contribution is 6.30. The second-order valence-corrected chi connectivity index (χ2v) is 7.15. The minimum absolute atomic E-state index is 0.0396. The molecule has 2 aromatic carbocycles. The van der Waals surface area contributed by atoms with Crippen molar-refractivity contribution in [3.63, 3.8) is 0 Å². The van der Waals surface area contributed by atoms with E-state index < -0.39 is 0 Å². The van der Waals surface area contributed by atoms with E-state index in [1.54, 1.807) is 4.90 Å². The molecule has 0 atom stereocenters. The van der Waals surface area contributed by atoms with E-state index in [2.05, 4.69) is 5.10 Å². The third-order valence-corrected chi connectivity index (χ3v) is 4.98. The molecule has 1 heterocycles. The summed E-state index contributed by atoms with van der Waals surface area (Å²) >= 11 is 6.02.